The molecule has 2 nitrogen and oxygen atoms in total. The molecule has 0 atom stereocenters. The summed E-state index contributed by atoms with van der Waals surface area (Å²) in [5.41, 5.74) is 7.02. The molecule has 0 aliphatic heterocycles. The lowest BCUT2D eigenvalue weighted by atomic mass is 10.1. The smallest absolute Gasteiger partial charge is 0.164 e. The fourth-order valence-electron chi connectivity index (χ4n) is 1.37. The van der Waals surface area contributed by atoms with Crippen molar-refractivity contribution in [3.63, 3.8) is 0 Å². The molecule has 90 valence electrons. The molecule has 1 rings (SSSR count). The molecule has 0 unspecified atom stereocenters. The topological polar surface area (TPSA) is 43.1 Å². The molecule has 0 aromatic heterocycles. The second-order valence-corrected chi connectivity index (χ2v) is 10.7. The van der Waals surface area contributed by atoms with Crippen molar-refractivity contribution in [2.45, 2.75) is 32.1 Å². The second kappa shape index (κ2) is 6.06. The summed E-state index contributed by atoms with van der Waals surface area (Å²) in [5.74, 6) is 0.176. The van der Waals surface area contributed by atoms with Crippen LogP contribution in [0.15, 0.2) is 24.3 Å². The van der Waals surface area contributed by atoms with Crippen LogP contribution in [0.4, 0.5) is 5.69 Å². The number of para-hydroxylation sites is 1. The van der Waals surface area contributed by atoms with Gasteiger partial charge in [0.1, 0.15) is 0 Å². The Balaban J connectivity index is 0.00000225. The Labute approximate surface area is 105 Å². The molecule has 0 bridgehead atoms. The van der Waals surface area contributed by atoms with Gasteiger partial charge in [0.2, 0.25) is 0 Å². The molecule has 0 heterocycles. The third kappa shape index (κ3) is 4.81. The van der Waals surface area contributed by atoms with Gasteiger partial charge in [-0.1, -0.05) is 37.8 Å². The Bertz CT molecular complexity index is 360. The summed E-state index contributed by atoms with van der Waals surface area (Å²) in [6.45, 7) is 6.82. The zero-order valence-corrected chi connectivity index (χ0v) is 11.9. The highest BCUT2D eigenvalue weighted by Crippen LogP contribution is 2.17. The maximum absolute atomic E-state index is 11.9. The molecule has 0 saturated heterocycles. The molecule has 1 aromatic carbocycles. The molecule has 2 N–H and O–H groups in total. The molecule has 4 heteroatoms. The minimum Gasteiger partial charge on any atom is -0.398 e. The number of nitrogens with two attached hydrogens (primary N) is 1. The minimum atomic E-state index is -1.13. The van der Waals surface area contributed by atoms with Gasteiger partial charge in [-0.05, 0) is 12.1 Å². The standard InChI is InChI=1S/C12H19NOSi.ClH/c1-15(2,3)9-8-12(14)10-6-4-5-7-11(10)13;/h4-7H,8-9,13H2,1-3H3;1H. The Morgan fingerprint density at radius 2 is 1.81 bits per heavy atom. The summed E-state index contributed by atoms with van der Waals surface area (Å²) in [7, 11) is -1.13. The monoisotopic (exact) mass is 257 g/mol. The van der Waals surface area contributed by atoms with Crippen LogP contribution in [0.2, 0.25) is 25.7 Å². The zero-order chi connectivity index (χ0) is 11.5. The van der Waals surface area contributed by atoms with E-state index in [4.69, 9.17) is 5.73 Å². The van der Waals surface area contributed by atoms with Crippen molar-refractivity contribution in [2.75, 3.05) is 5.73 Å². The summed E-state index contributed by atoms with van der Waals surface area (Å²) in [5, 5.41) is 0. The normalized spacial score (nSPS) is 10.7. The molecule has 0 radical (unpaired) electrons. The number of carbonyl (C=O) groups excluding carboxylic acids is 1. The largest absolute Gasteiger partial charge is 0.398 e. The number of nitrogen functional groups attached to an aromatic ring is 1. The number of benzene rings is 1. The van der Waals surface area contributed by atoms with Gasteiger partial charge < -0.3 is 5.73 Å². The van der Waals surface area contributed by atoms with Crippen LogP contribution in [-0.4, -0.2) is 13.9 Å². The van der Waals surface area contributed by atoms with Crippen LogP contribution in [-0.2, 0) is 0 Å². The van der Waals surface area contributed by atoms with E-state index < -0.39 is 8.07 Å². The number of halogens is 1. The first kappa shape index (κ1) is 15.2. The van der Waals surface area contributed by atoms with Crippen molar-refractivity contribution < 1.29 is 4.79 Å². The van der Waals surface area contributed by atoms with E-state index >= 15 is 0 Å². The van der Waals surface area contributed by atoms with Crippen LogP contribution < -0.4 is 5.73 Å². The predicted octanol–water partition coefficient (Wildman–Crippen LogP) is 3.60. The molecule has 0 saturated carbocycles. The van der Waals surface area contributed by atoms with Crippen LogP contribution in [0.3, 0.4) is 0 Å². The highest BCUT2D eigenvalue weighted by atomic mass is 35.5. The molecular weight excluding hydrogens is 238 g/mol. The van der Waals surface area contributed by atoms with Crippen LogP contribution in [0, 0.1) is 0 Å². The molecule has 16 heavy (non-hydrogen) atoms. The quantitative estimate of drug-likeness (QED) is 0.509. The minimum absolute atomic E-state index is 0. The van der Waals surface area contributed by atoms with E-state index in [1.807, 2.05) is 18.2 Å². The third-order valence-corrected chi connectivity index (χ3v) is 4.11. The Hall–Kier alpha value is -0.803. The van der Waals surface area contributed by atoms with Crippen molar-refractivity contribution in [3.05, 3.63) is 29.8 Å². The molecule has 0 aliphatic rings. The van der Waals surface area contributed by atoms with E-state index in [1.54, 1.807) is 6.07 Å². The second-order valence-electron chi connectivity index (χ2n) is 5.07. The van der Waals surface area contributed by atoms with Gasteiger partial charge in [-0.2, -0.15) is 0 Å². The number of hydrogen-bond acceptors (Lipinski definition) is 2. The van der Waals surface area contributed by atoms with Crippen molar-refractivity contribution in [2.24, 2.45) is 0 Å². The van der Waals surface area contributed by atoms with E-state index in [-0.39, 0.29) is 18.2 Å². The van der Waals surface area contributed by atoms with Gasteiger partial charge in [0.15, 0.2) is 5.78 Å². The van der Waals surface area contributed by atoms with Gasteiger partial charge >= 0.3 is 0 Å². The number of hydrogen-bond donors (Lipinski definition) is 1. The van der Waals surface area contributed by atoms with Crippen LogP contribution in [0.1, 0.15) is 16.8 Å². The summed E-state index contributed by atoms with van der Waals surface area (Å²) >= 11 is 0. The van der Waals surface area contributed by atoms with Gasteiger partial charge in [0.25, 0.3) is 0 Å². The molecular formula is C12H20ClNOSi. The van der Waals surface area contributed by atoms with Gasteiger partial charge in [-0.3, -0.25) is 4.79 Å². The summed E-state index contributed by atoms with van der Waals surface area (Å²) < 4.78 is 0. The fraction of sp³-hybridized carbons (Fsp3) is 0.417. The van der Waals surface area contributed by atoms with E-state index in [0.717, 1.165) is 6.04 Å². The number of rotatable bonds is 4. The first-order chi connectivity index (χ1) is 6.90. The van der Waals surface area contributed by atoms with Crippen molar-refractivity contribution in [3.8, 4) is 0 Å². The Kier molecular flexibility index (Phi) is 5.76. The van der Waals surface area contributed by atoms with Gasteiger partial charge in [0, 0.05) is 25.7 Å². The number of ketones is 1. The maximum Gasteiger partial charge on any atom is 0.164 e. The van der Waals surface area contributed by atoms with E-state index in [1.165, 1.54) is 0 Å². The zero-order valence-electron chi connectivity index (χ0n) is 10.1. The van der Waals surface area contributed by atoms with E-state index in [9.17, 15) is 4.79 Å². The third-order valence-electron chi connectivity index (χ3n) is 2.36. The Morgan fingerprint density at radius 1 is 1.25 bits per heavy atom. The lowest BCUT2D eigenvalue weighted by Gasteiger charge is -2.14. The predicted molar refractivity (Wildman–Crippen MR) is 75.2 cm³/mol. The molecule has 0 spiro atoms. The number of anilines is 1. The Morgan fingerprint density at radius 3 is 2.31 bits per heavy atom. The van der Waals surface area contributed by atoms with Crippen LogP contribution in [0.25, 0.3) is 0 Å². The molecule has 0 fully saturated rings. The number of carbonyl (C=O) groups is 1. The van der Waals surface area contributed by atoms with Gasteiger partial charge in [0.05, 0.1) is 0 Å². The first-order valence-corrected chi connectivity index (χ1v) is 8.98. The number of Topliss-reactive ketones (excluding diaryl/α,β-unsaturated/α-hetero) is 1. The average Bonchev–Trinajstić information content (AvgIpc) is 2.14. The van der Waals surface area contributed by atoms with Crippen LogP contribution >= 0.6 is 12.4 Å². The lowest BCUT2D eigenvalue weighted by molar-refractivity contribution is 0.0988. The van der Waals surface area contributed by atoms with Crippen molar-refractivity contribution in [1.82, 2.24) is 0 Å². The summed E-state index contributed by atoms with van der Waals surface area (Å²) in [6.07, 6.45) is 0.629. The highest BCUT2D eigenvalue weighted by molar-refractivity contribution is 6.76. The SMILES string of the molecule is C[Si](C)(C)CCC(=O)c1ccccc1N.Cl. The van der Waals surface area contributed by atoms with E-state index in [0.29, 0.717) is 17.7 Å². The molecule has 0 aliphatic carbocycles. The van der Waals surface area contributed by atoms with Gasteiger partial charge in [-0.15, -0.1) is 12.4 Å². The average molecular weight is 258 g/mol. The molecule has 0 amide bonds. The highest BCUT2D eigenvalue weighted by Gasteiger charge is 2.16. The van der Waals surface area contributed by atoms with Crippen LogP contribution in [0.5, 0.6) is 0 Å². The lowest BCUT2D eigenvalue weighted by Crippen LogP contribution is -2.20. The molecule has 1 aromatic rings. The van der Waals surface area contributed by atoms with Crippen molar-refractivity contribution in [1.29, 1.82) is 0 Å². The van der Waals surface area contributed by atoms with Crippen molar-refractivity contribution >= 4 is 32.0 Å². The summed E-state index contributed by atoms with van der Waals surface area (Å²) in [4.78, 5) is 11.9. The fourth-order valence-corrected chi connectivity index (χ4v) is 2.35. The van der Waals surface area contributed by atoms with E-state index in [2.05, 4.69) is 19.6 Å². The van der Waals surface area contributed by atoms with Gasteiger partial charge in [-0.25, -0.2) is 0 Å². The first-order valence-electron chi connectivity index (χ1n) is 5.28. The maximum atomic E-state index is 11.9. The summed E-state index contributed by atoms with van der Waals surface area (Å²) in [6, 6.07) is 8.33.